The third-order valence-electron chi connectivity index (χ3n) is 1.77. The van der Waals surface area contributed by atoms with Gasteiger partial charge in [0, 0.05) is 0 Å². The van der Waals surface area contributed by atoms with Gasteiger partial charge in [-0.1, -0.05) is 46.3 Å². The van der Waals surface area contributed by atoms with E-state index in [9.17, 15) is 0 Å². The molecule has 0 bridgehead atoms. The Morgan fingerprint density at radius 1 is 1.00 bits per heavy atom. The quantitative estimate of drug-likeness (QED) is 0.560. The van der Waals surface area contributed by atoms with Crippen molar-refractivity contribution in [2.75, 3.05) is 6.54 Å². The van der Waals surface area contributed by atoms with Crippen LogP contribution in [0.5, 0.6) is 0 Å². The molecule has 60 valence electrons. The van der Waals surface area contributed by atoms with Crippen LogP contribution in [0.25, 0.3) is 0 Å². The van der Waals surface area contributed by atoms with Gasteiger partial charge in [-0.3, -0.25) is 0 Å². The van der Waals surface area contributed by atoms with Gasteiger partial charge in [-0.2, -0.15) is 0 Å². The van der Waals surface area contributed by atoms with Gasteiger partial charge in [0.25, 0.3) is 0 Å². The summed E-state index contributed by atoms with van der Waals surface area (Å²) in [6.07, 6.45) is 5.28. The lowest BCUT2D eigenvalue weighted by molar-refractivity contribution is 0.906. The number of hydrogen-bond donors (Lipinski definition) is 1. The molecule has 0 amide bonds. The Labute approximate surface area is 65.7 Å². The fourth-order valence-electron chi connectivity index (χ4n) is 1.33. The zero-order valence-corrected chi connectivity index (χ0v) is 7.61. The highest BCUT2D eigenvalue weighted by molar-refractivity contribution is 6.55. The van der Waals surface area contributed by atoms with E-state index in [1.807, 2.05) is 0 Å². The molecule has 0 aromatic heterocycles. The SMILES string of the molecule is CCCB(CCC)NCC. The Hall–Kier alpha value is 0.0249. The van der Waals surface area contributed by atoms with Crippen LogP contribution in [0.1, 0.15) is 33.6 Å². The first-order valence-electron chi connectivity index (χ1n) is 4.58. The molecule has 0 spiro atoms. The van der Waals surface area contributed by atoms with E-state index in [0.29, 0.717) is 0 Å². The molecule has 0 fully saturated rings. The highest BCUT2D eigenvalue weighted by atomic mass is 14.8. The van der Waals surface area contributed by atoms with Crippen molar-refractivity contribution in [2.24, 2.45) is 0 Å². The Kier molecular flexibility index (Phi) is 7.15. The second kappa shape index (κ2) is 7.14. The van der Waals surface area contributed by atoms with Crippen LogP contribution >= 0.6 is 0 Å². The summed E-state index contributed by atoms with van der Waals surface area (Å²) in [6.45, 7) is 8.57. The maximum absolute atomic E-state index is 3.48. The fourth-order valence-corrected chi connectivity index (χ4v) is 1.33. The smallest absolute Gasteiger partial charge is 0.220 e. The molecule has 0 saturated heterocycles. The fraction of sp³-hybridized carbons (Fsp3) is 1.00. The van der Waals surface area contributed by atoms with Crippen molar-refractivity contribution in [1.29, 1.82) is 0 Å². The molecule has 10 heavy (non-hydrogen) atoms. The average molecular weight is 141 g/mol. The van der Waals surface area contributed by atoms with E-state index in [2.05, 4.69) is 26.0 Å². The molecule has 2 heteroatoms. The second-order valence-corrected chi connectivity index (χ2v) is 2.83. The van der Waals surface area contributed by atoms with Gasteiger partial charge in [-0.05, 0) is 6.54 Å². The lowest BCUT2D eigenvalue weighted by Crippen LogP contribution is -2.32. The Morgan fingerprint density at radius 3 is 1.80 bits per heavy atom. The van der Waals surface area contributed by atoms with Crippen LogP contribution in [0, 0.1) is 0 Å². The molecule has 0 aliphatic heterocycles. The van der Waals surface area contributed by atoms with Crippen molar-refractivity contribution in [3.63, 3.8) is 0 Å². The minimum atomic E-state index is 0.778. The van der Waals surface area contributed by atoms with E-state index in [0.717, 1.165) is 13.4 Å². The predicted octanol–water partition coefficient (Wildman–Crippen LogP) is 2.41. The van der Waals surface area contributed by atoms with Crippen molar-refractivity contribution < 1.29 is 0 Å². The number of nitrogens with one attached hydrogen (secondary N) is 1. The summed E-state index contributed by atoms with van der Waals surface area (Å²) in [5, 5.41) is 3.48. The first-order chi connectivity index (χ1) is 4.85. The van der Waals surface area contributed by atoms with E-state index in [-0.39, 0.29) is 0 Å². The molecular weight excluding hydrogens is 121 g/mol. The minimum Gasteiger partial charge on any atom is -0.356 e. The minimum absolute atomic E-state index is 0.778. The molecule has 1 N–H and O–H groups in total. The molecule has 0 unspecified atom stereocenters. The molecule has 1 nitrogen and oxygen atoms in total. The van der Waals surface area contributed by atoms with Crippen LogP contribution in [-0.2, 0) is 0 Å². The summed E-state index contributed by atoms with van der Waals surface area (Å²) in [5.74, 6) is 0. The summed E-state index contributed by atoms with van der Waals surface area (Å²) in [7, 11) is 0. The van der Waals surface area contributed by atoms with Crippen LogP contribution in [0.4, 0.5) is 0 Å². The maximum Gasteiger partial charge on any atom is 0.220 e. The van der Waals surface area contributed by atoms with E-state index < -0.39 is 0 Å². The van der Waals surface area contributed by atoms with Crippen LogP contribution in [0.3, 0.4) is 0 Å². The first-order valence-corrected chi connectivity index (χ1v) is 4.58. The van der Waals surface area contributed by atoms with E-state index in [4.69, 9.17) is 0 Å². The molecule has 0 aromatic rings. The number of rotatable bonds is 6. The van der Waals surface area contributed by atoms with Crippen molar-refractivity contribution in [3.05, 3.63) is 0 Å². The van der Waals surface area contributed by atoms with E-state index in [1.165, 1.54) is 25.5 Å². The first kappa shape index (κ1) is 10.0. The third kappa shape index (κ3) is 4.86. The Morgan fingerprint density at radius 2 is 1.50 bits per heavy atom. The molecule has 0 heterocycles. The van der Waals surface area contributed by atoms with Crippen LogP contribution in [-0.4, -0.2) is 13.4 Å². The van der Waals surface area contributed by atoms with Crippen molar-refractivity contribution in [1.82, 2.24) is 5.23 Å². The van der Waals surface area contributed by atoms with Crippen molar-refractivity contribution >= 4 is 6.85 Å². The monoisotopic (exact) mass is 141 g/mol. The third-order valence-corrected chi connectivity index (χ3v) is 1.77. The molecule has 0 rings (SSSR count). The topological polar surface area (TPSA) is 12.0 Å². The van der Waals surface area contributed by atoms with Gasteiger partial charge < -0.3 is 5.23 Å². The van der Waals surface area contributed by atoms with E-state index in [1.54, 1.807) is 0 Å². The normalized spacial score (nSPS) is 9.90. The molecule has 0 saturated carbocycles. The van der Waals surface area contributed by atoms with Gasteiger partial charge in [0.15, 0.2) is 0 Å². The van der Waals surface area contributed by atoms with Gasteiger partial charge >= 0.3 is 0 Å². The highest BCUT2D eigenvalue weighted by Gasteiger charge is 2.08. The molecule has 0 aliphatic rings. The summed E-state index contributed by atoms with van der Waals surface area (Å²) >= 11 is 0. The Balaban J connectivity index is 3.30. The van der Waals surface area contributed by atoms with Gasteiger partial charge in [-0.15, -0.1) is 0 Å². The van der Waals surface area contributed by atoms with Crippen molar-refractivity contribution in [2.45, 2.75) is 46.3 Å². The van der Waals surface area contributed by atoms with Gasteiger partial charge in [0.05, 0.1) is 0 Å². The zero-order valence-electron chi connectivity index (χ0n) is 7.61. The average Bonchev–Trinajstić information content (AvgIpc) is 1.90. The zero-order chi connectivity index (χ0) is 7.82. The molecule has 0 aromatic carbocycles. The molecule has 0 aliphatic carbocycles. The summed E-state index contributed by atoms with van der Waals surface area (Å²) in [5.41, 5.74) is 0. The van der Waals surface area contributed by atoms with E-state index >= 15 is 0 Å². The molecular formula is C8H20BN. The highest BCUT2D eigenvalue weighted by Crippen LogP contribution is 2.01. The van der Waals surface area contributed by atoms with Crippen LogP contribution < -0.4 is 5.23 Å². The summed E-state index contributed by atoms with van der Waals surface area (Å²) in [4.78, 5) is 0. The van der Waals surface area contributed by atoms with Gasteiger partial charge in [0.2, 0.25) is 6.85 Å². The summed E-state index contributed by atoms with van der Waals surface area (Å²) < 4.78 is 0. The van der Waals surface area contributed by atoms with Gasteiger partial charge in [-0.25, -0.2) is 0 Å². The summed E-state index contributed by atoms with van der Waals surface area (Å²) in [6, 6.07) is 0. The number of hydrogen-bond acceptors (Lipinski definition) is 1. The van der Waals surface area contributed by atoms with Crippen LogP contribution in [0.2, 0.25) is 12.6 Å². The van der Waals surface area contributed by atoms with Crippen LogP contribution in [0.15, 0.2) is 0 Å². The maximum atomic E-state index is 3.48. The predicted molar refractivity (Wildman–Crippen MR) is 49.6 cm³/mol. The largest absolute Gasteiger partial charge is 0.356 e. The lowest BCUT2D eigenvalue weighted by Gasteiger charge is -2.10. The molecule has 0 atom stereocenters. The van der Waals surface area contributed by atoms with Gasteiger partial charge in [0.1, 0.15) is 0 Å². The second-order valence-electron chi connectivity index (χ2n) is 2.83. The molecule has 0 radical (unpaired) electrons. The standard InChI is InChI=1S/C8H20BN/c1-4-7-9(8-5-2)10-6-3/h10H,4-8H2,1-3H3. The van der Waals surface area contributed by atoms with Crippen molar-refractivity contribution in [3.8, 4) is 0 Å². The Bertz CT molecular complexity index is 52.0. The lowest BCUT2D eigenvalue weighted by atomic mass is 9.55.